The van der Waals surface area contributed by atoms with Crippen molar-refractivity contribution < 1.29 is 0 Å². The van der Waals surface area contributed by atoms with E-state index < -0.39 is 0 Å². The summed E-state index contributed by atoms with van der Waals surface area (Å²) < 4.78 is 2.04. The molecule has 3 nitrogen and oxygen atoms in total. The molecule has 0 atom stereocenters. The summed E-state index contributed by atoms with van der Waals surface area (Å²) in [6, 6.07) is 7.57. The van der Waals surface area contributed by atoms with Crippen molar-refractivity contribution in [2.24, 2.45) is 0 Å². The van der Waals surface area contributed by atoms with Gasteiger partial charge < -0.3 is 4.57 Å². The van der Waals surface area contributed by atoms with Crippen molar-refractivity contribution in [1.82, 2.24) is 9.55 Å². The van der Waals surface area contributed by atoms with Crippen LogP contribution in [0.3, 0.4) is 0 Å². The predicted octanol–water partition coefficient (Wildman–Crippen LogP) is 1.42. The minimum atomic E-state index is -0.140. The summed E-state index contributed by atoms with van der Waals surface area (Å²) in [6.07, 6.45) is 3.89. The Morgan fingerprint density at radius 2 is 2.14 bits per heavy atom. The zero-order valence-corrected chi connectivity index (χ0v) is 7.47. The fraction of sp³-hybridized carbons (Fsp3) is 0.0909. The van der Waals surface area contributed by atoms with E-state index in [-0.39, 0.29) is 5.56 Å². The van der Waals surface area contributed by atoms with E-state index in [1.165, 1.54) is 0 Å². The molecule has 3 heteroatoms. The number of hydrogen-bond acceptors (Lipinski definition) is 2. The van der Waals surface area contributed by atoms with E-state index in [0.717, 1.165) is 17.9 Å². The van der Waals surface area contributed by atoms with Crippen LogP contribution in [-0.2, 0) is 6.54 Å². The van der Waals surface area contributed by atoms with Gasteiger partial charge in [0.15, 0.2) is 0 Å². The molecular weight excluding hydrogens is 176 g/mol. The first-order valence-corrected chi connectivity index (χ1v) is 4.52. The van der Waals surface area contributed by atoms with E-state index in [1.807, 2.05) is 41.0 Å². The van der Waals surface area contributed by atoms with Gasteiger partial charge in [0, 0.05) is 6.54 Å². The fourth-order valence-corrected chi connectivity index (χ4v) is 1.82. The number of nitrogens with zero attached hydrogens (tertiary/aromatic N) is 2. The molecule has 2 aromatic rings. The molecule has 1 aliphatic rings. The third-order valence-corrected chi connectivity index (χ3v) is 2.47. The van der Waals surface area contributed by atoms with Crippen LogP contribution >= 0.6 is 0 Å². The maximum atomic E-state index is 11.6. The monoisotopic (exact) mass is 184 g/mol. The van der Waals surface area contributed by atoms with Gasteiger partial charge in [-0.1, -0.05) is 18.2 Å². The average molecular weight is 184 g/mol. The molecule has 1 aliphatic heterocycles. The third kappa shape index (κ3) is 0.865. The smallest absolute Gasteiger partial charge is 0.281 e. The largest absolute Gasteiger partial charge is 0.322 e. The summed E-state index contributed by atoms with van der Waals surface area (Å²) >= 11 is 0. The molecule has 0 aliphatic carbocycles. The van der Waals surface area contributed by atoms with E-state index in [1.54, 1.807) is 0 Å². The average Bonchev–Trinajstić information content (AvgIpc) is 2.66. The number of hydrogen-bond donors (Lipinski definition) is 0. The lowest BCUT2D eigenvalue weighted by atomic mass is 10.2. The number of para-hydroxylation sites is 1. The van der Waals surface area contributed by atoms with E-state index in [2.05, 4.69) is 4.98 Å². The second kappa shape index (κ2) is 2.54. The van der Waals surface area contributed by atoms with Crippen LogP contribution in [0.15, 0.2) is 35.1 Å². The molecular formula is C11H8N2O. The molecule has 0 radical (unpaired) electrons. The van der Waals surface area contributed by atoms with Gasteiger partial charge in [0.1, 0.15) is 5.82 Å². The Kier molecular flexibility index (Phi) is 1.36. The standard InChI is InChI=1S/C11H8N2O/c14-11-8-4-1-2-5-9(8)13-7-3-6-10(13)12-11/h1-6H,7H2. The first-order valence-electron chi connectivity index (χ1n) is 4.52. The van der Waals surface area contributed by atoms with Crippen LogP contribution in [0.5, 0.6) is 0 Å². The molecule has 1 aromatic carbocycles. The normalized spacial score (nSPS) is 13.4. The zero-order chi connectivity index (χ0) is 9.54. The van der Waals surface area contributed by atoms with Crippen LogP contribution in [0.1, 0.15) is 5.82 Å². The summed E-state index contributed by atoms with van der Waals surface area (Å²) in [5, 5.41) is 0.694. The van der Waals surface area contributed by atoms with Gasteiger partial charge in [0.2, 0.25) is 0 Å². The summed E-state index contributed by atoms with van der Waals surface area (Å²) in [4.78, 5) is 15.6. The maximum absolute atomic E-state index is 11.6. The number of aromatic nitrogens is 2. The van der Waals surface area contributed by atoms with Crippen LogP contribution in [0.25, 0.3) is 17.0 Å². The molecule has 0 bridgehead atoms. The van der Waals surface area contributed by atoms with Gasteiger partial charge in [-0.15, -0.1) is 0 Å². The van der Waals surface area contributed by atoms with E-state index in [9.17, 15) is 4.79 Å². The first-order chi connectivity index (χ1) is 6.86. The van der Waals surface area contributed by atoms with Crippen LogP contribution in [0.2, 0.25) is 0 Å². The van der Waals surface area contributed by atoms with Gasteiger partial charge in [-0.2, -0.15) is 4.98 Å². The van der Waals surface area contributed by atoms with Gasteiger partial charge >= 0.3 is 0 Å². The molecule has 2 heterocycles. The number of allylic oxidation sites excluding steroid dienone is 1. The van der Waals surface area contributed by atoms with Gasteiger partial charge in [-0.05, 0) is 18.2 Å². The Morgan fingerprint density at radius 3 is 3.07 bits per heavy atom. The molecule has 14 heavy (non-hydrogen) atoms. The lowest BCUT2D eigenvalue weighted by Gasteiger charge is -2.06. The molecule has 0 fully saturated rings. The Balaban J connectivity index is 2.57. The molecule has 0 saturated carbocycles. The third-order valence-electron chi connectivity index (χ3n) is 2.47. The number of fused-ring (bicyclic) bond motifs is 3. The summed E-state index contributed by atoms with van der Waals surface area (Å²) in [5.74, 6) is 0.758. The maximum Gasteiger partial charge on any atom is 0.281 e. The zero-order valence-electron chi connectivity index (χ0n) is 7.47. The molecule has 0 amide bonds. The van der Waals surface area contributed by atoms with E-state index in [4.69, 9.17) is 0 Å². The van der Waals surface area contributed by atoms with Crippen LogP contribution in [-0.4, -0.2) is 9.55 Å². The molecule has 0 N–H and O–H groups in total. The van der Waals surface area contributed by atoms with Gasteiger partial charge in [0.05, 0.1) is 10.9 Å². The summed E-state index contributed by atoms with van der Waals surface area (Å²) in [7, 11) is 0. The molecule has 0 spiro atoms. The SMILES string of the molecule is O=c1nc2n(c3ccccc13)CC=C2. The van der Waals surface area contributed by atoms with Gasteiger partial charge in [-0.25, -0.2) is 0 Å². The Morgan fingerprint density at radius 1 is 1.29 bits per heavy atom. The summed E-state index contributed by atoms with van der Waals surface area (Å²) in [5.41, 5.74) is 0.825. The quantitative estimate of drug-likeness (QED) is 0.620. The highest BCUT2D eigenvalue weighted by Crippen LogP contribution is 2.15. The lowest BCUT2D eigenvalue weighted by molar-refractivity contribution is 0.834. The Bertz CT molecular complexity index is 596. The molecule has 0 saturated heterocycles. The Labute approximate surface area is 80.3 Å². The van der Waals surface area contributed by atoms with Crippen LogP contribution in [0.4, 0.5) is 0 Å². The van der Waals surface area contributed by atoms with Crippen molar-refractivity contribution in [1.29, 1.82) is 0 Å². The second-order valence-corrected chi connectivity index (χ2v) is 3.31. The van der Waals surface area contributed by atoms with Crippen molar-refractivity contribution in [3.63, 3.8) is 0 Å². The van der Waals surface area contributed by atoms with E-state index in [0.29, 0.717) is 5.39 Å². The minimum absolute atomic E-state index is 0.140. The van der Waals surface area contributed by atoms with Crippen LogP contribution in [0, 0.1) is 0 Å². The molecule has 68 valence electrons. The summed E-state index contributed by atoms with van der Waals surface area (Å²) in [6.45, 7) is 0.809. The van der Waals surface area contributed by atoms with Crippen molar-refractivity contribution >= 4 is 17.0 Å². The molecule has 0 unspecified atom stereocenters. The second-order valence-electron chi connectivity index (χ2n) is 3.31. The van der Waals surface area contributed by atoms with Crippen molar-refractivity contribution in [2.45, 2.75) is 6.54 Å². The highest BCUT2D eigenvalue weighted by Gasteiger charge is 2.10. The molecule has 3 rings (SSSR count). The number of benzene rings is 1. The van der Waals surface area contributed by atoms with Gasteiger partial charge in [0.25, 0.3) is 5.56 Å². The van der Waals surface area contributed by atoms with Crippen molar-refractivity contribution in [3.8, 4) is 0 Å². The van der Waals surface area contributed by atoms with Crippen molar-refractivity contribution in [2.75, 3.05) is 0 Å². The lowest BCUT2D eigenvalue weighted by Crippen LogP contribution is -2.14. The minimum Gasteiger partial charge on any atom is -0.322 e. The van der Waals surface area contributed by atoms with Gasteiger partial charge in [-0.3, -0.25) is 4.79 Å². The van der Waals surface area contributed by atoms with Crippen LogP contribution < -0.4 is 5.56 Å². The highest BCUT2D eigenvalue weighted by molar-refractivity contribution is 5.79. The topological polar surface area (TPSA) is 34.9 Å². The highest BCUT2D eigenvalue weighted by atomic mass is 16.1. The predicted molar refractivity (Wildman–Crippen MR) is 55.0 cm³/mol. The van der Waals surface area contributed by atoms with Crippen molar-refractivity contribution in [3.05, 3.63) is 46.5 Å². The number of rotatable bonds is 0. The first kappa shape index (κ1) is 7.50. The Hall–Kier alpha value is -1.90. The molecule has 1 aromatic heterocycles. The van der Waals surface area contributed by atoms with E-state index >= 15 is 0 Å². The fourth-order valence-electron chi connectivity index (χ4n) is 1.82.